The molecule has 0 aliphatic heterocycles. The lowest BCUT2D eigenvalue weighted by Gasteiger charge is -2.01. The van der Waals surface area contributed by atoms with Crippen molar-refractivity contribution in [1.82, 2.24) is 5.32 Å². The van der Waals surface area contributed by atoms with Crippen LogP contribution in [0.15, 0.2) is 12.2 Å². The molecule has 0 unspecified atom stereocenters. The van der Waals surface area contributed by atoms with Crippen LogP contribution >= 0.6 is 0 Å². The molecule has 0 fully saturated rings. The molecule has 0 spiro atoms. The Kier molecular flexibility index (Phi) is 15.4. The molecule has 0 saturated heterocycles. The topological polar surface area (TPSA) is 12.0 Å². The van der Waals surface area contributed by atoms with E-state index in [2.05, 4.69) is 31.3 Å². The first kappa shape index (κ1) is 16.7. The Labute approximate surface area is 109 Å². The van der Waals surface area contributed by atoms with E-state index >= 15 is 0 Å². The zero-order valence-electron chi connectivity index (χ0n) is 12.1. The fourth-order valence-corrected chi connectivity index (χ4v) is 1.93. The molecule has 0 aliphatic carbocycles. The molecule has 1 nitrogen and oxygen atoms in total. The van der Waals surface area contributed by atoms with Crippen LogP contribution in [0.3, 0.4) is 0 Å². The van der Waals surface area contributed by atoms with Gasteiger partial charge in [-0.05, 0) is 25.8 Å². The SMILES string of the molecule is CCCCC/C=C/CNCCCCCCCC. The first-order valence-electron chi connectivity index (χ1n) is 7.77. The van der Waals surface area contributed by atoms with Crippen LogP contribution < -0.4 is 5.32 Å². The van der Waals surface area contributed by atoms with Crippen LogP contribution in [-0.2, 0) is 0 Å². The number of rotatable bonds is 13. The molecule has 0 rings (SSSR count). The maximum atomic E-state index is 3.48. The first-order chi connectivity index (χ1) is 8.41. The third-order valence-electron chi connectivity index (χ3n) is 3.11. The van der Waals surface area contributed by atoms with E-state index in [4.69, 9.17) is 0 Å². The molecule has 0 aromatic carbocycles. The van der Waals surface area contributed by atoms with Crippen molar-refractivity contribution in [3.63, 3.8) is 0 Å². The van der Waals surface area contributed by atoms with Crippen LogP contribution in [0.25, 0.3) is 0 Å². The summed E-state index contributed by atoms with van der Waals surface area (Å²) in [5.74, 6) is 0. The average molecular weight is 239 g/mol. The monoisotopic (exact) mass is 239 g/mol. The van der Waals surface area contributed by atoms with E-state index in [1.54, 1.807) is 0 Å². The first-order valence-corrected chi connectivity index (χ1v) is 7.77. The molecule has 1 N–H and O–H groups in total. The van der Waals surface area contributed by atoms with Crippen LogP contribution in [-0.4, -0.2) is 13.1 Å². The minimum absolute atomic E-state index is 1.06. The standard InChI is InChI=1S/C16H33N/c1-3-5-7-9-11-13-15-17-16-14-12-10-8-6-4-2/h11,13,17H,3-10,12,14-16H2,1-2H3/b13-11+. The summed E-state index contributed by atoms with van der Waals surface area (Å²) in [6.07, 6.45) is 18.2. The lowest BCUT2D eigenvalue weighted by molar-refractivity contribution is 0.585. The van der Waals surface area contributed by atoms with Gasteiger partial charge in [0.15, 0.2) is 0 Å². The molecule has 17 heavy (non-hydrogen) atoms. The molecule has 0 amide bonds. The number of nitrogens with one attached hydrogen (secondary N) is 1. The van der Waals surface area contributed by atoms with Gasteiger partial charge in [0.05, 0.1) is 0 Å². The number of allylic oxidation sites excluding steroid dienone is 1. The average Bonchev–Trinajstić information content (AvgIpc) is 2.35. The predicted molar refractivity (Wildman–Crippen MR) is 79.5 cm³/mol. The van der Waals surface area contributed by atoms with E-state index in [0.29, 0.717) is 0 Å². The molecule has 102 valence electrons. The Hall–Kier alpha value is -0.300. The molecule has 0 aliphatic rings. The molecule has 0 bridgehead atoms. The van der Waals surface area contributed by atoms with Crippen LogP contribution in [0.4, 0.5) is 0 Å². The van der Waals surface area contributed by atoms with Gasteiger partial charge in [0.1, 0.15) is 0 Å². The quantitative estimate of drug-likeness (QED) is 0.349. The van der Waals surface area contributed by atoms with Gasteiger partial charge in [-0.25, -0.2) is 0 Å². The van der Waals surface area contributed by atoms with Gasteiger partial charge in [-0.15, -0.1) is 0 Å². The molecular weight excluding hydrogens is 206 g/mol. The second-order valence-corrected chi connectivity index (χ2v) is 4.94. The van der Waals surface area contributed by atoms with Gasteiger partial charge in [0.25, 0.3) is 0 Å². The minimum atomic E-state index is 1.06. The van der Waals surface area contributed by atoms with Crippen molar-refractivity contribution in [3.8, 4) is 0 Å². The summed E-state index contributed by atoms with van der Waals surface area (Å²) in [5, 5.41) is 3.48. The van der Waals surface area contributed by atoms with Crippen LogP contribution in [0.5, 0.6) is 0 Å². The maximum absolute atomic E-state index is 3.48. The highest BCUT2D eigenvalue weighted by Gasteiger charge is 1.89. The van der Waals surface area contributed by atoms with E-state index < -0.39 is 0 Å². The smallest absolute Gasteiger partial charge is 0.0134 e. The molecule has 0 heterocycles. The Balaban J connectivity index is 2.97. The summed E-state index contributed by atoms with van der Waals surface area (Å²) in [4.78, 5) is 0. The third-order valence-corrected chi connectivity index (χ3v) is 3.11. The number of unbranched alkanes of at least 4 members (excludes halogenated alkanes) is 8. The van der Waals surface area contributed by atoms with E-state index in [1.165, 1.54) is 70.8 Å². The van der Waals surface area contributed by atoms with Gasteiger partial charge < -0.3 is 5.32 Å². The van der Waals surface area contributed by atoms with Crippen molar-refractivity contribution in [2.24, 2.45) is 0 Å². The minimum Gasteiger partial charge on any atom is -0.313 e. The lowest BCUT2D eigenvalue weighted by Crippen LogP contribution is -2.14. The van der Waals surface area contributed by atoms with Gasteiger partial charge in [0.2, 0.25) is 0 Å². The zero-order valence-corrected chi connectivity index (χ0v) is 12.1. The van der Waals surface area contributed by atoms with Gasteiger partial charge in [-0.2, -0.15) is 0 Å². The predicted octanol–water partition coefficient (Wildman–Crippen LogP) is 5.07. The summed E-state index contributed by atoms with van der Waals surface area (Å²) in [6.45, 7) is 6.77. The second-order valence-electron chi connectivity index (χ2n) is 4.94. The van der Waals surface area contributed by atoms with Gasteiger partial charge in [0, 0.05) is 6.54 Å². The molecule has 0 atom stereocenters. The van der Waals surface area contributed by atoms with Crippen LogP contribution in [0.2, 0.25) is 0 Å². The largest absolute Gasteiger partial charge is 0.313 e. The van der Waals surface area contributed by atoms with E-state index in [1.807, 2.05) is 0 Å². The van der Waals surface area contributed by atoms with E-state index in [0.717, 1.165) is 6.54 Å². The van der Waals surface area contributed by atoms with E-state index in [-0.39, 0.29) is 0 Å². The zero-order chi connectivity index (χ0) is 12.6. The van der Waals surface area contributed by atoms with Crippen LogP contribution in [0.1, 0.15) is 78.1 Å². The fourth-order valence-electron chi connectivity index (χ4n) is 1.93. The lowest BCUT2D eigenvalue weighted by atomic mass is 10.1. The Morgan fingerprint density at radius 1 is 0.706 bits per heavy atom. The van der Waals surface area contributed by atoms with Gasteiger partial charge in [-0.1, -0.05) is 70.9 Å². The number of hydrogen-bond acceptors (Lipinski definition) is 1. The van der Waals surface area contributed by atoms with Crippen molar-refractivity contribution in [2.75, 3.05) is 13.1 Å². The summed E-state index contributed by atoms with van der Waals surface area (Å²) < 4.78 is 0. The van der Waals surface area contributed by atoms with Crippen molar-refractivity contribution in [1.29, 1.82) is 0 Å². The molecule has 1 heteroatoms. The van der Waals surface area contributed by atoms with Gasteiger partial charge >= 0.3 is 0 Å². The Morgan fingerprint density at radius 2 is 1.35 bits per heavy atom. The van der Waals surface area contributed by atoms with Crippen molar-refractivity contribution in [3.05, 3.63) is 12.2 Å². The summed E-state index contributed by atoms with van der Waals surface area (Å²) in [6, 6.07) is 0. The van der Waals surface area contributed by atoms with Crippen LogP contribution in [0, 0.1) is 0 Å². The van der Waals surface area contributed by atoms with Crippen molar-refractivity contribution in [2.45, 2.75) is 78.1 Å². The molecular formula is C16H33N. The highest BCUT2D eigenvalue weighted by molar-refractivity contribution is 4.83. The normalized spacial score (nSPS) is 11.4. The second kappa shape index (κ2) is 15.7. The van der Waals surface area contributed by atoms with E-state index in [9.17, 15) is 0 Å². The highest BCUT2D eigenvalue weighted by Crippen LogP contribution is 2.04. The maximum Gasteiger partial charge on any atom is 0.0134 e. The molecule has 0 aromatic heterocycles. The molecule has 0 saturated carbocycles. The Morgan fingerprint density at radius 3 is 2.12 bits per heavy atom. The number of hydrogen-bond donors (Lipinski definition) is 1. The third kappa shape index (κ3) is 15.7. The summed E-state index contributed by atoms with van der Waals surface area (Å²) in [5.41, 5.74) is 0. The van der Waals surface area contributed by atoms with Crippen molar-refractivity contribution < 1.29 is 0 Å². The molecule has 0 radical (unpaired) electrons. The molecule has 0 aromatic rings. The summed E-state index contributed by atoms with van der Waals surface area (Å²) >= 11 is 0. The van der Waals surface area contributed by atoms with Crippen molar-refractivity contribution >= 4 is 0 Å². The highest BCUT2D eigenvalue weighted by atomic mass is 14.8. The van der Waals surface area contributed by atoms with Gasteiger partial charge in [-0.3, -0.25) is 0 Å². The fraction of sp³-hybridized carbons (Fsp3) is 0.875. The summed E-state index contributed by atoms with van der Waals surface area (Å²) in [7, 11) is 0. The Bertz CT molecular complexity index is 152.